The lowest BCUT2D eigenvalue weighted by atomic mass is 10.2. The lowest BCUT2D eigenvalue weighted by molar-refractivity contribution is 0.355. The molecular formula is C19H15F2N5O2. The van der Waals surface area contributed by atoms with Gasteiger partial charge in [0.25, 0.3) is 0 Å². The molecule has 2 heterocycles. The Hall–Kier alpha value is -3.75. The van der Waals surface area contributed by atoms with E-state index in [4.69, 9.17) is 9.47 Å². The summed E-state index contributed by atoms with van der Waals surface area (Å²) in [5.74, 6) is 0.181. The zero-order valence-electron chi connectivity index (χ0n) is 15.0. The minimum absolute atomic E-state index is 0.0832. The summed E-state index contributed by atoms with van der Waals surface area (Å²) < 4.78 is 38.0. The van der Waals surface area contributed by atoms with Crippen LogP contribution in [0.25, 0.3) is 22.4 Å². The van der Waals surface area contributed by atoms with E-state index in [1.807, 2.05) is 0 Å². The molecule has 0 spiro atoms. The maximum Gasteiger partial charge on any atom is 0.165 e. The molecule has 0 unspecified atom stereocenters. The van der Waals surface area contributed by atoms with Gasteiger partial charge in [0, 0.05) is 17.8 Å². The number of halogens is 2. The van der Waals surface area contributed by atoms with Gasteiger partial charge in [0.05, 0.1) is 26.0 Å². The van der Waals surface area contributed by atoms with E-state index in [0.717, 1.165) is 12.1 Å². The molecule has 0 saturated heterocycles. The second-order valence-electron chi connectivity index (χ2n) is 5.84. The van der Waals surface area contributed by atoms with Gasteiger partial charge >= 0.3 is 0 Å². The van der Waals surface area contributed by atoms with Gasteiger partial charge in [0.2, 0.25) is 0 Å². The third-order valence-corrected chi connectivity index (χ3v) is 4.12. The second-order valence-corrected chi connectivity index (χ2v) is 5.84. The van der Waals surface area contributed by atoms with Crippen LogP contribution in [0.3, 0.4) is 0 Å². The van der Waals surface area contributed by atoms with Crippen LogP contribution in [0.4, 0.5) is 20.3 Å². The van der Waals surface area contributed by atoms with Crippen LogP contribution in [-0.2, 0) is 0 Å². The van der Waals surface area contributed by atoms with Gasteiger partial charge in [0.1, 0.15) is 22.7 Å². The molecule has 28 heavy (non-hydrogen) atoms. The van der Waals surface area contributed by atoms with E-state index in [2.05, 4.69) is 25.5 Å². The monoisotopic (exact) mass is 383 g/mol. The maximum atomic E-state index is 14.2. The largest absolute Gasteiger partial charge is 0.493 e. The molecule has 0 radical (unpaired) electrons. The molecule has 7 nitrogen and oxygen atoms in total. The Labute approximate surface area is 158 Å². The summed E-state index contributed by atoms with van der Waals surface area (Å²) in [7, 11) is 3.09. The van der Waals surface area contributed by atoms with Crippen LogP contribution in [0.2, 0.25) is 0 Å². The molecule has 0 saturated carbocycles. The van der Waals surface area contributed by atoms with Gasteiger partial charge in [-0.2, -0.15) is 5.10 Å². The van der Waals surface area contributed by atoms with Gasteiger partial charge in [-0.05, 0) is 24.3 Å². The van der Waals surface area contributed by atoms with Crippen molar-refractivity contribution >= 4 is 22.5 Å². The number of methoxy groups -OCH3 is 2. The summed E-state index contributed by atoms with van der Waals surface area (Å²) in [6, 6.07) is 8.51. The smallest absolute Gasteiger partial charge is 0.165 e. The number of ether oxygens (including phenoxy) is 2. The van der Waals surface area contributed by atoms with Crippen LogP contribution < -0.4 is 14.8 Å². The molecule has 0 fully saturated rings. The summed E-state index contributed by atoms with van der Waals surface area (Å²) in [6.07, 6.45) is 1.50. The van der Waals surface area contributed by atoms with E-state index in [0.29, 0.717) is 34.0 Å². The Balaban J connectivity index is 1.80. The van der Waals surface area contributed by atoms with Gasteiger partial charge in [-0.15, -0.1) is 0 Å². The highest BCUT2D eigenvalue weighted by atomic mass is 19.1. The summed E-state index contributed by atoms with van der Waals surface area (Å²) in [5.41, 5.74) is 1.77. The van der Waals surface area contributed by atoms with Crippen LogP contribution in [0.5, 0.6) is 11.5 Å². The normalized spacial score (nSPS) is 10.9. The first-order valence-electron chi connectivity index (χ1n) is 8.24. The Morgan fingerprint density at radius 1 is 0.964 bits per heavy atom. The van der Waals surface area contributed by atoms with Gasteiger partial charge in [-0.3, -0.25) is 5.10 Å². The number of hydrogen-bond donors (Lipinski definition) is 2. The predicted molar refractivity (Wildman–Crippen MR) is 99.9 cm³/mol. The van der Waals surface area contributed by atoms with E-state index in [9.17, 15) is 8.78 Å². The molecule has 2 aromatic carbocycles. The molecule has 2 aromatic heterocycles. The number of aromatic nitrogens is 4. The highest BCUT2D eigenvalue weighted by Crippen LogP contribution is 2.32. The van der Waals surface area contributed by atoms with Gasteiger partial charge in [0.15, 0.2) is 23.1 Å². The van der Waals surface area contributed by atoms with Gasteiger partial charge in [-0.1, -0.05) is 0 Å². The van der Waals surface area contributed by atoms with E-state index in [1.165, 1.54) is 19.4 Å². The van der Waals surface area contributed by atoms with Crippen LogP contribution in [0.15, 0.2) is 42.6 Å². The fraction of sp³-hybridized carbons (Fsp3) is 0.105. The summed E-state index contributed by atoms with van der Waals surface area (Å²) >= 11 is 0. The number of aromatic amines is 1. The van der Waals surface area contributed by atoms with Gasteiger partial charge in [-0.25, -0.2) is 18.7 Å². The van der Waals surface area contributed by atoms with Crippen molar-refractivity contribution in [2.45, 2.75) is 0 Å². The van der Waals surface area contributed by atoms with Crippen LogP contribution in [-0.4, -0.2) is 34.4 Å². The third kappa shape index (κ3) is 3.18. The second kappa shape index (κ2) is 7.10. The van der Waals surface area contributed by atoms with Crippen molar-refractivity contribution in [3.63, 3.8) is 0 Å². The number of benzene rings is 2. The predicted octanol–water partition coefficient (Wildman–Crippen LogP) is 4.06. The van der Waals surface area contributed by atoms with Crippen LogP contribution >= 0.6 is 0 Å². The van der Waals surface area contributed by atoms with E-state index >= 15 is 0 Å². The van der Waals surface area contributed by atoms with Crippen molar-refractivity contribution in [2.75, 3.05) is 19.5 Å². The molecule has 2 N–H and O–H groups in total. The number of nitrogens with zero attached hydrogens (tertiary/aromatic N) is 3. The SMILES string of the molecule is COc1ccc(Nc2nc(-c3ccc(F)cc3F)nc3cn[nH]c23)cc1OC. The summed E-state index contributed by atoms with van der Waals surface area (Å²) in [6.45, 7) is 0. The molecule has 0 amide bonds. The van der Waals surface area contributed by atoms with E-state index < -0.39 is 11.6 Å². The van der Waals surface area contributed by atoms with Crippen LogP contribution in [0, 0.1) is 11.6 Å². The molecule has 4 rings (SSSR count). The Morgan fingerprint density at radius 2 is 1.79 bits per heavy atom. The molecule has 142 valence electrons. The Kier molecular flexibility index (Phi) is 4.48. The van der Waals surface area contributed by atoms with Crippen LogP contribution in [0.1, 0.15) is 0 Å². The molecule has 0 aliphatic rings. The minimum atomic E-state index is -0.750. The Bertz CT molecular complexity index is 1160. The standard InChI is InChI=1S/C19H15F2N5O2/c1-27-15-6-4-11(8-16(15)28-2)23-19-17-14(9-22-26-17)24-18(25-19)12-5-3-10(20)7-13(12)21/h3-9H,1-2H3,(H,22,26)(H,23,24,25). The molecule has 0 atom stereocenters. The first-order valence-corrected chi connectivity index (χ1v) is 8.24. The molecule has 4 aromatic rings. The maximum absolute atomic E-state index is 14.2. The summed E-state index contributed by atoms with van der Waals surface area (Å²) in [5, 5.41) is 9.93. The fourth-order valence-electron chi connectivity index (χ4n) is 2.77. The number of rotatable bonds is 5. The molecule has 0 aliphatic heterocycles. The number of hydrogen-bond acceptors (Lipinski definition) is 6. The highest BCUT2D eigenvalue weighted by Gasteiger charge is 2.15. The number of H-pyrrole nitrogens is 1. The number of nitrogens with one attached hydrogen (secondary N) is 2. The van der Waals surface area contributed by atoms with Crippen molar-refractivity contribution in [1.29, 1.82) is 0 Å². The van der Waals surface area contributed by atoms with E-state index in [1.54, 1.807) is 25.3 Å². The first kappa shape index (κ1) is 17.7. The zero-order valence-corrected chi connectivity index (χ0v) is 15.0. The molecule has 9 heteroatoms. The third-order valence-electron chi connectivity index (χ3n) is 4.12. The molecular weight excluding hydrogens is 368 g/mol. The number of fused-ring (bicyclic) bond motifs is 1. The van der Waals surface area contributed by atoms with Crippen molar-refractivity contribution in [3.05, 3.63) is 54.2 Å². The fourth-order valence-corrected chi connectivity index (χ4v) is 2.77. The lowest BCUT2D eigenvalue weighted by Gasteiger charge is -2.12. The van der Waals surface area contributed by atoms with Crippen molar-refractivity contribution < 1.29 is 18.3 Å². The minimum Gasteiger partial charge on any atom is -0.493 e. The zero-order chi connectivity index (χ0) is 19.7. The first-order chi connectivity index (χ1) is 13.6. The van der Waals surface area contributed by atoms with Gasteiger partial charge < -0.3 is 14.8 Å². The molecule has 0 aliphatic carbocycles. The van der Waals surface area contributed by atoms with Crippen molar-refractivity contribution in [3.8, 4) is 22.9 Å². The lowest BCUT2D eigenvalue weighted by Crippen LogP contribution is -2.01. The highest BCUT2D eigenvalue weighted by molar-refractivity contribution is 5.88. The average Bonchev–Trinajstić information content (AvgIpc) is 3.16. The topological polar surface area (TPSA) is 85.0 Å². The Morgan fingerprint density at radius 3 is 2.54 bits per heavy atom. The molecule has 0 bridgehead atoms. The average molecular weight is 383 g/mol. The van der Waals surface area contributed by atoms with E-state index in [-0.39, 0.29) is 11.4 Å². The number of anilines is 2. The quantitative estimate of drug-likeness (QED) is 0.541. The van der Waals surface area contributed by atoms with Crippen molar-refractivity contribution in [2.24, 2.45) is 0 Å². The summed E-state index contributed by atoms with van der Waals surface area (Å²) in [4.78, 5) is 8.71. The van der Waals surface area contributed by atoms with Crippen molar-refractivity contribution in [1.82, 2.24) is 20.2 Å².